The van der Waals surface area contributed by atoms with Crippen LogP contribution in [0.4, 0.5) is 5.69 Å². The summed E-state index contributed by atoms with van der Waals surface area (Å²) in [7, 11) is 4.92. The number of hydrogen-bond donors (Lipinski definition) is 2. The predicted molar refractivity (Wildman–Crippen MR) is 105 cm³/mol. The molecule has 0 saturated heterocycles. The van der Waals surface area contributed by atoms with Crippen molar-refractivity contribution in [2.75, 3.05) is 26.6 Å². The van der Waals surface area contributed by atoms with E-state index in [1.165, 1.54) is 0 Å². The van der Waals surface area contributed by atoms with E-state index in [-0.39, 0.29) is 6.04 Å². The Labute approximate surface area is 154 Å². The minimum Gasteiger partial charge on any atom is -0.497 e. The van der Waals surface area contributed by atoms with Gasteiger partial charge >= 0.3 is 0 Å². The molecule has 134 valence electrons. The molecule has 1 atom stereocenters. The normalized spacial score (nSPS) is 11.4. The Morgan fingerprint density at radius 1 is 0.960 bits per heavy atom. The first-order valence-electron chi connectivity index (χ1n) is 7.92. The number of aryl methyl sites for hydroxylation is 1. The van der Waals surface area contributed by atoms with Gasteiger partial charge in [-0.05, 0) is 62.0 Å². The summed E-state index contributed by atoms with van der Waals surface area (Å²) in [5.74, 6) is 2.28. The van der Waals surface area contributed by atoms with Gasteiger partial charge in [-0.1, -0.05) is 6.07 Å². The van der Waals surface area contributed by atoms with Crippen LogP contribution in [0.15, 0.2) is 36.4 Å². The zero-order chi connectivity index (χ0) is 18.4. The molecule has 0 radical (unpaired) electrons. The smallest absolute Gasteiger partial charge is 0.171 e. The SMILES string of the molecule is COc1ccc(OC)c(C(C)NC(=S)Nc2cc(C)ccc2OC)c1. The minimum atomic E-state index is -0.0687. The summed E-state index contributed by atoms with van der Waals surface area (Å²) in [6, 6.07) is 11.5. The Kier molecular flexibility index (Phi) is 6.47. The number of nitrogens with one attached hydrogen (secondary N) is 2. The van der Waals surface area contributed by atoms with Gasteiger partial charge in [0.1, 0.15) is 17.2 Å². The Hall–Kier alpha value is -2.47. The zero-order valence-electron chi connectivity index (χ0n) is 15.2. The number of anilines is 1. The van der Waals surface area contributed by atoms with E-state index in [1.807, 2.05) is 50.2 Å². The van der Waals surface area contributed by atoms with Crippen molar-refractivity contribution in [1.29, 1.82) is 0 Å². The van der Waals surface area contributed by atoms with Crippen LogP contribution in [-0.2, 0) is 0 Å². The molecule has 0 aromatic heterocycles. The Morgan fingerprint density at radius 2 is 1.64 bits per heavy atom. The third-order valence-corrected chi connectivity index (χ3v) is 4.07. The molecule has 0 bridgehead atoms. The lowest BCUT2D eigenvalue weighted by Crippen LogP contribution is -2.31. The summed E-state index contributed by atoms with van der Waals surface area (Å²) in [6.07, 6.45) is 0. The lowest BCUT2D eigenvalue weighted by atomic mass is 10.1. The number of thiocarbonyl (C=S) groups is 1. The van der Waals surface area contributed by atoms with Crippen LogP contribution in [0.3, 0.4) is 0 Å². The predicted octanol–water partition coefficient (Wildman–Crippen LogP) is 4.07. The second kappa shape index (κ2) is 8.58. The summed E-state index contributed by atoms with van der Waals surface area (Å²) in [6.45, 7) is 4.03. The van der Waals surface area contributed by atoms with Crippen LogP contribution >= 0.6 is 12.2 Å². The van der Waals surface area contributed by atoms with E-state index < -0.39 is 0 Å². The van der Waals surface area contributed by atoms with Crippen molar-refractivity contribution in [2.45, 2.75) is 19.9 Å². The monoisotopic (exact) mass is 360 g/mol. The highest BCUT2D eigenvalue weighted by Crippen LogP contribution is 2.30. The Bertz CT molecular complexity index is 749. The van der Waals surface area contributed by atoms with Gasteiger partial charge in [-0.25, -0.2) is 0 Å². The van der Waals surface area contributed by atoms with Crippen molar-refractivity contribution >= 4 is 23.0 Å². The van der Waals surface area contributed by atoms with Crippen LogP contribution in [0.5, 0.6) is 17.2 Å². The van der Waals surface area contributed by atoms with Gasteiger partial charge < -0.3 is 24.8 Å². The molecule has 0 amide bonds. The van der Waals surface area contributed by atoms with Crippen LogP contribution in [-0.4, -0.2) is 26.4 Å². The van der Waals surface area contributed by atoms with Gasteiger partial charge in [0.2, 0.25) is 0 Å². The zero-order valence-corrected chi connectivity index (χ0v) is 16.0. The summed E-state index contributed by atoms with van der Waals surface area (Å²) in [4.78, 5) is 0. The Morgan fingerprint density at radius 3 is 2.28 bits per heavy atom. The van der Waals surface area contributed by atoms with Crippen molar-refractivity contribution in [3.63, 3.8) is 0 Å². The molecule has 0 aliphatic rings. The van der Waals surface area contributed by atoms with Crippen molar-refractivity contribution in [3.8, 4) is 17.2 Å². The van der Waals surface area contributed by atoms with E-state index in [0.717, 1.165) is 34.1 Å². The molecule has 0 spiro atoms. The van der Waals surface area contributed by atoms with Crippen molar-refractivity contribution < 1.29 is 14.2 Å². The largest absolute Gasteiger partial charge is 0.497 e. The molecular weight excluding hydrogens is 336 g/mol. The topological polar surface area (TPSA) is 51.8 Å². The van der Waals surface area contributed by atoms with Crippen LogP contribution in [0, 0.1) is 6.92 Å². The molecule has 5 nitrogen and oxygen atoms in total. The van der Waals surface area contributed by atoms with Crippen molar-refractivity contribution in [2.24, 2.45) is 0 Å². The average molecular weight is 360 g/mol. The fourth-order valence-electron chi connectivity index (χ4n) is 2.53. The molecule has 25 heavy (non-hydrogen) atoms. The number of benzene rings is 2. The molecule has 1 unspecified atom stereocenters. The first kappa shape index (κ1) is 18.9. The minimum absolute atomic E-state index is 0.0687. The van der Waals surface area contributed by atoms with Gasteiger partial charge in [-0.3, -0.25) is 0 Å². The fourth-order valence-corrected chi connectivity index (χ4v) is 2.82. The Balaban J connectivity index is 2.14. The second-order valence-electron chi connectivity index (χ2n) is 5.63. The third-order valence-electron chi connectivity index (χ3n) is 3.85. The first-order chi connectivity index (χ1) is 12.0. The molecule has 0 aliphatic carbocycles. The fraction of sp³-hybridized carbons (Fsp3) is 0.316. The van der Waals surface area contributed by atoms with Crippen molar-refractivity contribution in [3.05, 3.63) is 47.5 Å². The van der Waals surface area contributed by atoms with Gasteiger partial charge in [0.15, 0.2) is 5.11 Å². The molecule has 0 fully saturated rings. The van der Waals surface area contributed by atoms with Gasteiger partial charge in [-0.2, -0.15) is 0 Å². The molecule has 0 saturated carbocycles. The second-order valence-corrected chi connectivity index (χ2v) is 6.04. The summed E-state index contributed by atoms with van der Waals surface area (Å²) < 4.78 is 16.1. The van der Waals surface area contributed by atoms with Gasteiger partial charge in [-0.15, -0.1) is 0 Å². The van der Waals surface area contributed by atoms with Crippen LogP contribution < -0.4 is 24.8 Å². The van der Waals surface area contributed by atoms with E-state index >= 15 is 0 Å². The number of rotatable bonds is 6. The molecule has 2 aromatic carbocycles. The molecule has 2 N–H and O–H groups in total. The number of hydrogen-bond acceptors (Lipinski definition) is 4. The maximum Gasteiger partial charge on any atom is 0.171 e. The summed E-state index contributed by atoms with van der Waals surface area (Å²) in [5, 5.41) is 6.96. The first-order valence-corrected chi connectivity index (χ1v) is 8.33. The van der Waals surface area contributed by atoms with Crippen molar-refractivity contribution in [1.82, 2.24) is 5.32 Å². The third kappa shape index (κ3) is 4.76. The number of ether oxygens (including phenoxy) is 3. The molecular formula is C19H24N2O3S. The van der Waals surface area contributed by atoms with E-state index in [2.05, 4.69) is 10.6 Å². The lowest BCUT2D eigenvalue weighted by molar-refractivity contribution is 0.395. The highest BCUT2D eigenvalue weighted by Gasteiger charge is 2.14. The lowest BCUT2D eigenvalue weighted by Gasteiger charge is -2.21. The highest BCUT2D eigenvalue weighted by atomic mass is 32.1. The van der Waals surface area contributed by atoms with Crippen LogP contribution in [0.2, 0.25) is 0 Å². The van der Waals surface area contributed by atoms with E-state index in [4.69, 9.17) is 26.4 Å². The van der Waals surface area contributed by atoms with Gasteiger partial charge in [0, 0.05) is 5.56 Å². The van der Waals surface area contributed by atoms with E-state index in [9.17, 15) is 0 Å². The standard InChI is InChI=1S/C19H24N2O3S/c1-12-6-8-18(24-5)16(10-12)21-19(25)20-13(2)15-11-14(22-3)7-9-17(15)23-4/h6-11,13H,1-5H3,(H2,20,21,25). The maximum atomic E-state index is 5.45. The molecule has 0 aliphatic heterocycles. The van der Waals surface area contributed by atoms with Gasteiger partial charge in [0.25, 0.3) is 0 Å². The van der Waals surface area contributed by atoms with Gasteiger partial charge in [0.05, 0.1) is 33.1 Å². The maximum absolute atomic E-state index is 5.45. The van der Waals surface area contributed by atoms with E-state index in [0.29, 0.717) is 5.11 Å². The number of methoxy groups -OCH3 is 3. The molecule has 2 aromatic rings. The highest BCUT2D eigenvalue weighted by molar-refractivity contribution is 7.80. The van der Waals surface area contributed by atoms with Crippen LogP contribution in [0.1, 0.15) is 24.1 Å². The molecule has 2 rings (SSSR count). The van der Waals surface area contributed by atoms with Crippen LogP contribution in [0.25, 0.3) is 0 Å². The summed E-state index contributed by atoms with van der Waals surface area (Å²) >= 11 is 5.45. The quantitative estimate of drug-likeness (QED) is 0.758. The average Bonchev–Trinajstić information content (AvgIpc) is 2.61. The summed E-state index contributed by atoms with van der Waals surface area (Å²) in [5.41, 5.74) is 2.90. The van der Waals surface area contributed by atoms with E-state index in [1.54, 1.807) is 21.3 Å². The molecule has 6 heteroatoms. The molecule has 0 heterocycles.